The minimum absolute atomic E-state index is 0.0134. The van der Waals surface area contributed by atoms with Crippen LogP contribution in [0.3, 0.4) is 0 Å². The van der Waals surface area contributed by atoms with Crippen LogP contribution >= 0.6 is 11.6 Å². The lowest BCUT2D eigenvalue weighted by Crippen LogP contribution is -2.43. The molecular formula is C20H19ClNO3. The highest BCUT2D eigenvalue weighted by Crippen LogP contribution is 2.39. The Labute approximate surface area is 151 Å². The Kier molecular flexibility index (Phi) is 4.50. The molecular weight excluding hydrogens is 338 g/mol. The molecule has 2 heterocycles. The van der Waals surface area contributed by atoms with E-state index in [1.165, 1.54) is 0 Å². The molecule has 0 unspecified atom stereocenters. The first-order chi connectivity index (χ1) is 12.1. The third-order valence-corrected chi connectivity index (χ3v) is 5.49. The average molecular weight is 357 g/mol. The number of nitrogens with zero attached hydrogens (tertiary/aromatic N) is 1. The standard InChI is InChI=1S/C20H19ClNO3/c21-14-10-15-12-19(18(11-14)22(15)24)25-20(23)17-9-5-4-8-16(17)13-6-2-1-3-7-13/h1-9,14-15,18-19H,10-12H2/t14-,15+,18-,19+/m0/s1. The van der Waals surface area contributed by atoms with Gasteiger partial charge in [-0.15, -0.1) is 21.9 Å². The van der Waals surface area contributed by atoms with Crippen molar-refractivity contribution in [1.29, 1.82) is 0 Å². The van der Waals surface area contributed by atoms with Crippen LogP contribution in [-0.4, -0.2) is 34.6 Å². The Morgan fingerprint density at radius 2 is 1.72 bits per heavy atom. The molecule has 2 aliphatic rings. The van der Waals surface area contributed by atoms with Crippen LogP contribution in [0, 0.1) is 0 Å². The van der Waals surface area contributed by atoms with Gasteiger partial charge in [-0.3, -0.25) is 0 Å². The smallest absolute Gasteiger partial charge is 0.339 e. The van der Waals surface area contributed by atoms with Crippen LogP contribution in [-0.2, 0) is 9.94 Å². The van der Waals surface area contributed by atoms with E-state index < -0.39 is 0 Å². The summed E-state index contributed by atoms with van der Waals surface area (Å²) in [5.41, 5.74) is 2.32. The van der Waals surface area contributed by atoms with E-state index in [-0.39, 0.29) is 29.5 Å². The highest BCUT2D eigenvalue weighted by atomic mass is 35.5. The quantitative estimate of drug-likeness (QED) is 0.615. The van der Waals surface area contributed by atoms with Crippen molar-refractivity contribution in [3.8, 4) is 11.1 Å². The molecule has 1 radical (unpaired) electrons. The molecule has 0 amide bonds. The van der Waals surface area contributed by atoms with E-state index in [2.05, 4.69) is 0 Å². The molecule has 2 fully saturated rings. The van der Waals surface area contributed by atoms with Crippen molar-refractivity contribution in [2.45, 2.75) is 42.8 Å². The summed E-state index contributed by atoms with van der Waals surface area (Å²) in [5, 5.41) is 13.3. The van der Waals surface area contributed by atoms with E-state index in [9.17, 15) is 10.0 Å². The van der Waals surface area contributed by atoms with Gasteiger partial charge in [0.15, 0.2) is 0 Å². The van der Waals surface area contributed by atoms with Gasteiger partial charge in [0, 0.05) is 17.8 Å². The van der Waals surface area contributed by atoms with E-state index in [1.54, 1.807) is 6.07 Å². The number of rotatable bonds is 3. The molecule has 2 aromatic carbocycles. The summed E-state index contributed by atoms with van der Waals surface area (Å²) >= 11 is 6.23. The molecule has 2 bridgehead atoms. The summed E-state index contributed by atoms with van der Waals surface area (Å²) in [6, 6.07) is 16.7. The van der Waals surface area contributed by atoms with Gasteiger partial charge in [0.25, 0.3) is 0 Å². The summed E-state index contributed by atoms with van der Waals surface area (Å²) in [5.74, 6) is -0.378. The largest absolute Gasteiger partial charge is 0.457 e. The number of esters is 1. The zero-order valence-electron chi connectivity index (χ0n) is 13.7. The van der Waals surface area contributed by atoms with Crippen LogP contribution in [0.2, 0.25) is 0 Å². The molecule has 0 N–H and O–H groups in total. The van der Waals surface area contributed by atoms with Gasteiger partial charge in [0.05, 0.1) is 11.6 Å². The van der Waals surface area contributed by atoms with Gasteiger partial charge < -0.3 is 4.74 Å². The zero-order chi connectivity index (χ0) is 17.4. The molecule has 2 aliphatic heterocycles. The molecule has 4 rings (SSSR count). The number of ether oxygens (including phenoxy) is 1. The first-order valence-electron chi connectivity index (χ1n) is 8.58. The average Bonchev–Trinajstić information content (AvgIpc) is 2.80. The maximum Gasteiger partial charge on any atom is 0.339 e. The van der Waals surface area contributed by atoms with Gasteiger partial charge >= 0.3 is 5.97 Å². The number of piperidine rings is 1. The number of carbonyl (C=O) groups excluding carboxylic acids is 1. The van der Waals surface area contributed by atoms with E-state index in [0.717, 1.165) is 16.2 Å². The second-order valence-electron chi connectivity index (χ2n) is 6.74. The number of halogens is 1. The van der Waals surface area contributed by atoms with Crippen LogP contribution in [0.25, 0.3) is 11.1 Å². The number of alkyl halides is 1. The summed E-state index contributed by atoms with van der Waals surface area (Å²) in [4.78, 5) is 12.8. The van der Waals surface area contributed by atoms with Gasteiger partial charge in [0.1, 0.15) is 6.10 Å². The van der Waals surface area contributed by atoms with Crippen molar-refractivity contribution in [2.24, 2.45) is 0 Å². The fraction of sp³-hybridized carbons (Fsp3) is 0.350. The Bertz CT molecular complexity index is 767. The van der Waals surface area contributed by atoms with Crippen molar-refractivity contribution in [3.05, 3.63) is 60.2 Å². The normalized spacial score (nSPS) is 28.7. The van der Waals surface area contributed by atoms with Gasteiger partial charge in [-0.1, -0.05) is 48.5 Å². The number of fused-ring (bicyclic) bond motifs is 2. The maximum atomic E-state index is 12.8. The first-order valence-corrected chi connectivity index (χ1v) is 9.02. The molecule has 5 heteroatoms. The lowest BCUT2D eigenvalue weighted by molar-refractivity contribution is -0.212. The van der Waals surface area contributed by atoms with Crippen LogP contribution in [0.1, 0.15) is 29.6 Å². The van der Waals surface area contributed by atoms with E-state index in [1.807, 2.05) is 48.5 Å². The number of benzene rings is 2. The molecule has 2 aromatic rings. The topological polar surface area (TPSA) is 49.4 Å². The molecule has 4 atom stereocenters. The maximum absolute atomic E-state index is 12.8. The van der Waals surface area contributed by atoms with Crippen molar-refractivity contribution in [2.75, 3.05) is 0 Å². The Hall–Kier alpha value is -1.88. The fourth-order valence-electron chi connectivity index (χ4n) is 3.93. The minimum atomic E-state index is -0.387. The number of hydrogen-bond acceptors (Lipinski definition) is 3. The van der Waals surface area contributed by atoms with E-state index >= 15 is 0 Å². The van der Waals surface area contributed by atoms with Gasteiger partial charge in [-0.25, -0.2) is 4.79 Å². The zero-order valence-corrected chi connectivity index (χ0v) is 14.4. The molecule has 25 heavy (non-hydrogen) atoms. The third kappa shape index (κ3) is 3.17. The molecule has 0 spiro atoms. The molecule has 4 nitrogen and oxygen atoms in total. The molecule has 2 saturated heterocycles. The van der Waals surface area contributed by atoms with Crippen molar-refractivity contribution in [3.63, 3.8) is 0 Å². The number of carbonyl (C=O) groups is 1. The number of hydrogen-bond donors (Lipinski definition) is 0. The highest BCUT2D eigenvalue weighted by molar-refractivity contribution is 6.20. The molecule has 0 aromatic heterocycles. The van der Waals surface area contributed by atoms with Crippen molar-refractivity contribution in [1.82, 2.24) is 5.06 Å². The Morgan fingerprint density at radius 1 is 1.00 bits per heavy atom. The minimum Gasteiger partial charge on any atom is -0.457 e. The van der Waals surface area contributed by atoms with Crippen molar-refractivity contribution < 1.29 is 14.7 Å². The Balaban J connectivity index is 1.57. The lowest BCUT2D eigenvalue weighted by atomic mass is 10.00. The summed E-state index contributed by atoms with van der Waals surface area (Å²) in [6.45, 7) is 0. The summed E-state index contributed by atoms with van der Waals surface area (Å²) in [7, 11) is 0. The fourth-order valence-corrected chi connectivity index (χ4v) is 4.32. The van der Waals surface area contributed by atoms with E-state index in [4.69, 9.17) is 16.3 Å². The van der Waals surface area contributed by atoms with Crippen molar-refractivity contribution >= 4 is 17.6 Å². The van der Waals surface area contributed by atoms with Crippen LogP contribution < -0.4 is 0 Å². The lowest BCUT2D eigenvalue weighted by Gasteiger charge is -2.30. The SMILES string of the molecule is [O]N1[C@@H]2C[C@H](Cl)C[C@H]1[C@H](OC(=O)c1ccccc1-c1ccccc1)C2. The summed E-state index contributed by atoms with van der Waals surface area (Å²) < 4.78 is 5.75. The third-order valence-electron chi connectivity index (χ3n) is 5.14. The second kappa shape index (κ2) is 6.79. The highest BCUT2D eigenvalue weighted by Gasteiger charge is 2.49. The van der Waals surface area contributed by atoms with Gasteiger partial charge in [-0.2, -0.15) is 0 Å². The molecule has 129 valence electrons. The van der Waals surface area contributed by atoms with Crippen LogP contribution in [0.5, 0.6) is 0 Å². The monoisotopic (exact) mass is 356 g/mol. The second-order valence-corrected chi connectivity index (χ2v) is 7.36. The first kappa shape index (κ1) is 16.6. The molecule has 0 saturated carbocycles. The summed E-state index contributed by atoms with van der Waals surface area (Å²) in [6.07, 6.45) is 1.41. The molecule has 0 aliphatic carbocycles. The van der Waals surface area contributed by atoms with Crippen LogP contribution in [0.4, 0.5) is 0 Å². The Morgan fingerprint density at radius 3 is 2.52 bits per heavy atom. The van der Waals surface area contributed by atoms with Gasteiger partial charge in [-0.05, 0) is 30.0 Å². The van der Waals surface area contributed by atoms with Gasteiger partial charge in [0.2, 0.25) is 0 Å². The number of hydroxylamine groups is 2. The van der Waals surface area contributed by atoms with Crippen LogP contribution in [0.15, 0.2) is 54.6 Å². The van der Waals surface area contributed by atoms with E-state index in [0.29, 0.717) is 24.8 Å². The predicted molar refractivity (Wildman–Crippen MR) is 94.7 cm³/mol. The predicted octanol–water partition coefficient (Wildman–Crippen LogP) is 4.07.